The Balaban J connectivity index is 2.74. The van der Waals surface area contributed by atoms with Gasteiger partial charge in [0.25, 0.3) is 0 Å². The van der Waals surface area contributed by atoms with Gasteiger partial charge in [0, 0.05) is 6.54 Å². The van der Waals surface area contributed by atoms with Gasteiger partial charge < -0.3 is 5.73 Å². The van der Waals surface area contributed by atoms with Gasteiger partial charge in [0.1, 0.15) is 5.82 Å². The summed E-state index contributed by atoms with van der Waals surface area (Å²) >= 11 is 0. The molecule has 0 fully saturated rings. The van der Waals surface area contributed by atoms with Gasteiger partial charge in [-0.05, 0) is 36.7 Å². The molecule has 0 aliphatic heterocycles. The van der Waals surface area contributed by atoms with Crippen LogP contribution in [0.3, 0.4) is 0 Å². The number of hydrogen-bond donors (Lipinski definition) is 2. The second-order valence-electron chi connectivity index (χ2n) is 3.65. The molecule has 0 bridgehead atoms. The van der Waals surface area contributed by atoms with Gasteiger partial charge in [-0.15, -0.1) is 0 Å². The largest absolute Gasteiger partial charge is 0.330 e. The van der Waals surface area contributed by atoms with Crippen LogP contribution in [0.15, 0.2) is 29.2 Å². The van der Waals surface area contributed by atoms with E-state index >= 15 is 0 Å². The van der Waals surface area contributed by atoms with Crippen LogP contribution in [0, 0.1) is 11.7 Å². The van der Waals surface area contributed by atoms with Crippen LogP contribution in [0.25, 0.3) is 0 Å². The summed E-state index contributed by atoms with van der Waals surface area (Å²) in [6.45, 7) is 2.52. The molecule has 90 valence electrons. The zero-order valence-electron chi connectivity index (χ0n) is 8.98. The highest BCUT2D eigenvalue weighted by Gasteiger charge is 2.14. The van der Waals surface area contributed by atoms with E-state index in [0.717, 1.165) is 12.1 Å². The first-order valence-electron chi connectivity index (χ1n) is 4.91. The van der Waals surface area contributed by atoms with Crippen LogP contribution in [-0.2, 0) is 10.0 Å². The zero-order chi connectivity index (χ0) is 12.2. The van der Waals surface area contributed by atoms with Crippen molar-refractivity contribution in [2.75, 3.05) is 13.1 Å². The van der Waals surface area contributed by atoms with E-state index in [-0.39, 0.29) is 17.4 Å². The standard InChI is InChI=1S/C10H15FN2O2S/c1-8(6-12)7-13-16(14,15)10-4-2-9(11)3-5-10/h2-5,8,13H,6-7,12H2,1H3. The molecule has 0 spiro atoms. The molecule has 0 aliphatic rings. The summed E-state index contributed by atoms with van der Waals surface area (Å²) in [5.74, 6) is -0.399. The van der Waals surface area contributed by atoms with Crippen LogP contribution < -0.4 is 10.5 Å². The van der Waals surface area contributed by atoms with Gasteiger partial charge in [0.2, 0.25) is 10.0 Å². The van der Waals surface area contributed by atoms with Gasteiger partial charge in [0.05, 0.1) is 4.90 Å². The van der Waals surface area contributed by atoms with Crippen molar-refractivity contribution in [1.82, 2.24) is 4.72 Å². The van der Waals surface area contributed by atoms with Crippen molar-refractivity contribution < 1.29 is 12.8 Å². The van der Waals surface area contributed by atoms with Crippen molar-refractivity contribution in [3.05, 3.63) is 30.1 Å². The van der Waals surface area contributed by atoms with E-state index < -0.39 is 15.8 Å². The second kappa shape index (κ2) is 5.38. The van der Waals surface area contributed by atoms with Gasteiger partial charge in [-0.3, -0.25) is 0 Å². The Morgan fingerprint density at radius 1 is 1.38 bits per heavy atom. The summed E-state index contributed by atoms with van der Waals surface area (Å²) in [5.41, 5.74) is 5.38. The van der Waals surface area contributed by atoms with E-state index in [0.29, 0.717) is 6.54 Å². The minimum absolute atomic E-state index is 0.0538. The van der Waals surface area contributed by atoms with E-state index in [4.69, 9.17) is 5.73 Å². The number of nitrogens with two attached hydrogens (primary N) is 1. The Morgan fingerprint density at radius 3 is 2.44 bits per heavy atom. The average Bonchev–Trinajstić information content (AvgIpc) is 2.26. The summed E-state index contributed by atoms with van der Waals surface area (Å²) in [6.07, 6.45) is 0. The molecule has 0 aliphatic carbocycles. The van der Waals surface area contributed by atoms with E-state index in [1.54, 1.807) is 0 Å². The molecule has 0 heterocycles. The minimum atomic E-state index is -3.55. The van der Waals surface area contributed by atoms with Crippen LogP contribution in [0.2, 0.25) is 0 Å². The molecule has 6 heteroatoms. The summed E-state index contributed by atoms with van der Waals surface area (Å²) in [7, 11) is -3.55. The monoisotopic (exact) mass is 246 g/mol. The van der Waals surface area contributed by atoms with E-state index in [9.17, 15) is 12.8 Å². The van der Waals surface area contributed by atoms with E-state index in [1.165, 1.54) is 12.1 Å². The summed E-state index contributed by atoms with van der Waals surface area (Å²) in [4.78, 5) is 0.0538. The first kappa shape index (κ1) is 13.1. The molecule has 4 nitrogen and oxygen atoms in total. The third-order valence-electron chi connectivity index (χ3n) is 2.15. The number of sulfonamides is 1. The van der Waals surface area contributed by atoms with E-state index in [1.807, 2.05) is 6.92 Å². The van der Waals surface area contributed by atoms with Crippen LogP contribution in [0.1, 0.15) is 6.92 Å². The van der Waals surface area contributed by atoms with Crippen molar-refractivity contribution in [2.45, 2.75) is 11.8 Å². The lowest BCUT2D eigenvalue weighted by Crippen LogP contribution is -2.31. The van der Waals surface area contributed by atoms with Crippen molar-refractivity contribution in [3.63, 3.8) is 0 Å². The quantitative estimate of drug-likeness (QED) is 0.803. The molecule has 0 saturated carbocycles. The Hall–Kier alpha value is -0.980. The van der Waals surface area contributed by atoms with Gasteiger partial charge in [-0.25, -0.2) is 17.5 Å². The predicted molar refractivity (Wildman–Crippen MR) is 59.8 cm³/mol. The number of nitrogens with one attached hydrogen (secondary N) is 1. The maximum absolute atomic E-state index is 12.6. The highest BCUT2D eigenvalue weighted by molar-refractivity contribution is 7.89. The van der Waals surface area contributed by atoms with Crippen molar-refractivity contribution in [3.8, 4) is 0 Å². The summed E-state index contributed by atoms with van der Waals surface area (Å²) in [5, 5.41) is 0. The Bertz CT molecular complexity index is 431. The molecular weight excluding hydrogens is 231 g/mol. The van der Waals surface area contributed by atoms with Crippen molar-refractivity contribution in [2.24, 2.45) is 11.7 Å². The fourth-order valence-corrected chi connectivity index (χ4v) is 2.20. The first-order valence-corrected chi connectivity index (χ1v) is 6.39. The number of rotatable bonds is 5. The maximum atomic E-state index is 12.6. The topological polar surface area (TPSA) is 72.2 Å². The minimum Gasteiger partial charge on any atom is -0.330 e. The highest BCUT2D eigenvalue weighted by atomic mass is 32.2. The maximum Gasteiger partial charge on any atom is 0.240 e. The van der Waals surface area contributed by atoms with Gasteiger partial charge in [-0.2, -0.15) is 0 Å². The lowest BCUT2D eigenvalue weighted by Gasteiger charge is -2.10. The molecule has 1 rings (SSSR count). The molecule has 0 amide bonds. The zero-order valence-corrected chi connectivity index (χ0v) is 9.80. The van der Waals surface area contributed by atoms with Crippen LogP contribution in [0.5, 0.6) is 0 Å². The molecule has 0 aromatic heterocycles. The molecule has 1 aromatic rings. The molecule has 0 saturated heterocycles. The fraction of sp³-hybridized carbons (Fsp3) is 0.400. The smallest absolute Gasteiger partial charge is 0.240 e. The molecule has 16 heavy (non-hydrogen) atoms. The van der Waals surface area contributed by atoms with E-state index in [2.05, 4.69) is 4.72 Å². The predicted octanol–water partition coefficient (Wildman–Crippen LogP) is 0.699. The molecule has 1 aromatic carbocycles. The molecule has 1 atom stereocenters. The average molecular weight is 246 g/mol. The van der Waals surface area contributed by atoms with Gasteiger partial charge in [-0.1, -0.05) is 6.92 Å². The molecule has 3 N–H and O–H groups in total. The second-order valence-corrected chi connectivity index (χ2v) is 5.41. The van der Waals surface area contributed by atoms with Crippen LogP contribution in [0.4, 0.5) is 4.39 Å². The number of benzene rings is 1. The van der Waals surface area contributed by atoms with Crippen molar-refractivity contribution in [1.29, 1.82) is 0 Å². The molecule has 1 unspecified atom stereocenters. The Morgan fingerprint density at radius 2 is 1.94 bits per heavy atom. The van der Waals surface area contributed by atoms with Crippen molar-refractivity contribution >= 4 is 10.0 Å². The fourth-order valence-electron chi connectivity index (χ4n) is 1.03. The first-order chi connectivity index (χ1) is 7.45. The third kappa shape index (κ3) is 3.55. The molecular formula is C10H15FN2O2S. The summed E-state index contributed by atoms with van der Waals surface area (Å²) < 4.78 is 38.4. The van der Waals surface area contributed by atoms with Crippen LogP contribution >= 0.6 is 0 Å². The van der Waals surface area contributed by atoms with Gasteiger partial charge in [0.15, 0.2) is 0 Å². The SMILES string of the molecule is CC(CN)CNS(=O)(=O)c1ccc(F)cc1. The lowest BCUT2D eigenvalue weighted by molar-refractivity contribution is 0.544. The normalized spacial score (nSPS) is 13.7. The number of hydrogen-bond acceptors (Lipinski definition) is 3. The Kier molecular flexibility index (Phi) is 4.40. The molecule has 0 radical (unpaired) electrons. The third-order valence-corrected chi connectivity index (χ3v) is 3.59. The number of halogens is 1. The highest BCUT2D eigenvalue weighted by Crippen LogP contribution is 2.09. The lowest BCUT2D eigenvalue weighted by atomic mass is 10.2. The summed E-state index contributed by atoms with van der Waals surface area (Å²) in [6, 6.07) is 4.68. The van der Waals surface area contributed by atoms with Crippen LogP contribution in [-0.4, -0.2) is 21.5 Å². The van der Waals surface area contributed by atoms with Gasteiger partial charge >= 0.3 is 0 Å². The Labute approximate surface area is 94.7 Å².